The summed E-state index contributed by atoms with van der Waals surface area (Å²) in [5.74, 6) is -0.631. The molecule has 0 spiro atoms. The molecule has 1 amide bonds. The predicted octanol–water partition coefficient (Wildman–Crippen LogP) is 8.84. The molecule has 0 aromatic carbocycles. The van der Waals surface area contributed by atoms with Crippen molar-refractivity contribution < 1.29 is 25.2 Å². The maximum absolute atomic E-state index is 12.3. The van der Waals surface area contributed by atoms with Crippen molar-refractivity contribution in [1.82, 2.24) is 5.32 Å². The summed E-state index contributed by atoms with van der Waals surface area (Å²) < 4.78 is 0. The number of unbranched alkanes of at least 4 members (excludes halogenated alkanes) is 20. The lowest BCUT2D eigenvalue weighted by atomic mass is 10.00. The molecule has 0 radical (unpaired) electrons. The van der Waals surface area contributed by atoms with Gasteiger partial charge in [0.1, 0.15) is 12.2 Å². The first-order chi connectivity index (χ1) is 21.5. The quantitative estimate of drug-likeness (QED) is 0.0371. The van der Waals surface area contributed by atoms with Crippen LogP contribution in [0.25, 0.3) is 0 Å². The number of allylic oxidation sites excluding steroid dienone is 4. The number of amides is 1. The lowest BCUT2D eigenvalue weighted by molar-refractivity contribution is -0.132. The highest BCUT2D eigenvalue weighted by molar-refractivity contribution is 5.80. The Morgan fingerprint density at radius 1 is 0.545 bits per heavy atom. The van der Waals surface area contributed by atoms with E-state index in [0.29, 0.717) is 19.3 Å². The zero-order valence-corrected chi connectivity index (χ0v) is 28.9. The predicted molar refractivity (Wildman–Crippen MR) is 187 cm³/mol. The number of aliphatic hydroxyl groups is 4. The third-order valence-electron chi connectivity index (χ3n) is 8.64. The summed E-state index contributed by atoms with van der Waals surface area (Å²) in [6.45, 7) is 3.95. The van der Waals surface area contributed by atoms with Gasteiger partial charge in [0.2, 0.25) is 5.91 Å². The van der Waals surface area contributed by atoms with Gasteiger partial charge in [-0.1, -0.05) is 147 Å². The number of hydrogen-bond donors (Lipinski definition) is 5. The SMILES string of the molecule is CCCCCC/C=C\CCC(O)C(=O)NC(CO)C(O)C(O)CCC/C=C/CCCCCCCCCCCCCCCCC. The van der Waals surface area contributed by atoms with Gasteiger partial charge in [-0.3, -0.25) is 4.79 Å². The summed E-state index contributed by atoms with van der Waals surface area (Å²) in [5.41, 5.74) is 0. The molecule has 260 valence electrons. The summed E-state index contributed by atoms with van der Waals surface area (Å²) >= 11 is 0. The van der Waals surface area contributed by atoms with Crippen LogP contribution in [0.5, 0.6) is 0 Å². The summed E-state index contributed by atoms with van der Waals surface area (Å²) in [5, 5.41) is 43.2. The van der Waals surface area contributed by atoms with Crippen molar-refractivity contribution in [3.05, 3.63) is 24.3 Å². The van der Waals surface area contributed by atoms with Crippen molar-refractivity contribution in [3.8, 4) is 0 Å². The second-order valence-corrected chi connectivity index (χ2v) is 12.9. The molecule has 5 N–H and O–H groups in total. The van der Waals surface area contributed by atoms with Crippen LogP contribution in [0, 0.1) is 0 Å². The fraction of sp³-hybridized carbons (Fsp3) is 0.868. The molecular formula is C38H73NO5. The minimum Gasteiger partial charge on any atom is -0.394 e. The van der Waals surface area contributed by atoms with E-state index in [0.717, 1.165) is 25.7 Å². The summed E-state index contributed by atoms with van der Waals surface area (Å²) in [7, 11) is 0. The van der Waals surface area contributed by atoms with Crippen LogP contribution in [0.15, 0.2) is 24.3 Å². The Morgan fingerprint density at radius 2 is 0.932 bits per heavy atom. The number of hydrogen-bond acceptors (Lipinski definition) is 5. The number of carbonyl (C=O) groups is 1. The monoisotopic (exact) mass is 624 g/mol. The average Bonchev–Trinajstić information content (AvgIpc) is 3.03. The highest BCUT2D eigenvalue weighted by Gasteiger charge is 2.28. The van der Waals surface area contributed by atoms with E-state index in [2.05, 4.69) is 37.4 Å². The Morgan fingerprint density at radius 3 is 1.39 bits per heavy atom. The van der Waals surface area contributed by atoms with E-state index in [1.807, 2.05) is 6.08 Å². The first-order valence-corrected chi connectivity index (χ1v) is 18.7. The number of carbonyl (C=O) groups excluding carboxylic acids is 1. The summed E-state index contributed by atoms with van der Waals surface area (Å²) in [4.78, 5) is 12.3. The molecule has 0 aliphatic carbocycles. The Labute approximate surface area is 272 Å². The van der Waals surface area contributed by atoms with Gasteiger partial charge >= 0.3 is 0 Å². The fourth-order valence-corrected chi connectivity index (χ4v) is 5.58. The van der Waals surface area contributed by atoms with E-state index >= 15 is 0 Å². The molecule has 0 saturated carbocycles. The van der Waals surface area contributed by atoms with Gasteiger partial charge in [0.25, 0.3) is 0 Å². The van der Waals surface area contributed by atoms with Gasteiger partial charge in [0.15, 0.2) is 0 Å². The summed E-state index contributed by atoms with van der Waals surface area (Å²) in [6, 6.07) is -1.01. The van der Waals surface area contributed by atoms with Crippen LogP contribution >= 0.6 is 0 Å². The molecule has 0 rings (SSSR count). The number of nitrogens with one attached hydrogen (secondary N) is 1. The lowest BCUT2D eigenvalue weighted by Gasteiger charge is -2.27. The Kier molecular flexibility index (Phi) is 32.2. The molecule has 0 aliphatic heterocycles. The second kappa shape index (κ2) is 33.2. The molecule has 0 aromatic heterocycles. The molecule has 4 atom stereocenters. The molecule has 0 heterocycles. The molecule has 4 unspecified atom stereocenters. The van der Waals surface area contributed by atoms with E-state index in [4.69, 9.17) is 0 Å². The van der Waals surface area contributed by atoms with Crippen LogP contribution in [0.3, 0.4) is 0 Å². The fourth-order valence-electron chi connectivity index (χ4n) is 5.58. The van der Waals surface area contributed by atoms with Crippen molar-refractivity contribution >= 4 is 5.91 Å². The third-order valence-corrected chi connectivity index (χ3v) is 8.64. The van der Waals surface area contributed by atoms with Crippen LogP contribution in [0.2, 0.25) is 0 Å². The van der Waals surface area contributed by atoms with E-state index < -0.39 is 36.9 Å². The van der Waals surface area contributed by atoms with Crippen molar-refractivity contribution in [3.63, 3.8) is 0 Å². The van der Waals surface area contributed by atoms with Crippen LogP contribution in [0.4, 0.5) is 0 Å². The number of rotatable bonds is 33. The summed E-state index contributed by atoms with van der Waals surface area (Å²) in [6.07, 6.45) is 35.2. The standard InChI is InChI=1S/C38H73NO5/c1-3-5-7-9-11-13-14-15-16-17-18-19-20-21-22-23-24-26-27-29-31-35(41)37(43)34(33-40)39-38(44)36(42)32-30-28-25-12-10-8-6-4-2/h24-26,28,34-37,40-43H,3-23,27,29-33H2,1-2H3,(H,39,44)/b26-24+,28-25-. The molecule has 0 fully saturated rings. The van der Waals surface area contributed by atoms with Crippen molar-refractivity contribution in [2.24, 2.45) is 0 Å². The molecule has 0 saturated heterocycles. The first-order valence-electron chi connectivity index (χ1n) is 18.7. The minimum absolute atomic E-state index is 0.278. The zero-order valence-electron chi connectivity index (χ0n) is 28.9. The Bertz CT molecular complexity index is 668. The second-order valence-electron chi connectivity index (χ2n) is 12.9. The van der Waals surface area contributed by atoms with Gasteiger partial charge < -0.3 is 25.7 Å². The third kappa shape index (κ3) is 27.1. The average molecular weight is 624 g/mol. The van der Waals surface area contributed by atoms with E-state index in [1.165, 1.54) is 116 Å². The molecule has 0 aliphatic rings. The van der Waals surface area contributed by atoms with Crippen LogP contribution in [0.1, 0.15) is 181 Å². The smallest absolute Gasteiger partial charge is 0.249 e. The highest BCUT2D eigenvalue weighted by atomic mass is 16.3. The molecule has 6 nitrogen and oxygen atoms in total. The zero-order chi connectivity index (χ0) is 32.5. The number of aliphatic hydroxyl groups excluding tert-OH is 4. The normalized spacial score (nSPS) is 14.8. The van der Waals surface area contributed by atoms with Gasteiger partial charge in [-0.25, -0.2) is 0 Å². The molecule has 0 bridgehead atoms. The lowest BCUT2D eigenvalue weighted by Crippen LogP contribution is -2.53. The van der Waals surface area contributed by atoms with Gasteiger partial charge in [-0.15, -0.1) is 0 Å². The van der Waals surface area contributed by atoms with Crippen molar-refractivity contribution in [2.75, 3.05) is 6.61 Å². The largest absolute Gasteiger partial charge is 0.394 e. The van der Waals surface area contributed by atoms with Crippen LogP contribution in [-0.2, 0) is 4.79 Å². The van der Waals surface area contributed by atoms with E-state index in [9.17, 15) is 25.2 Å². The molecular weight excluding hydrogens is 550 g/mol. The highest BCUT2D eigenvalue weighted by Crippen LogP contribution is 2.15. The maximum atomic E-state index is 12.3. The van der Waals surface area contributed by atoms with Crippen LogP contribution < -0.4 is 5.32 Å². The molecule has 0 aromatic rings. The van der Waals surface area contributed by atoms with Gasteiger partial charge in [-0.2, -0.15) is 0 Å². The molecule has 44 heavy (non-hydrogen) atoms. The van der Waals surface area contributed by atoms with E-state index in [1.54, 1.807) is 0 Å². The van der Waals surface area contributed by atoms with Crippen molar-refractivity contribution in [2.45, 2.75) is 205 Å². The minimum atomic E-state index is -1.29. The maximum Gasteiger partial charge on any atom is 0.249 e. The Hall–Kier alpha value is -1.21. The van der Waals surface area contributed by atoms with Crippen LogP contribution in [-0.4, -0.2) is 57.3 Å². The van der Waals surface area contributed by atoms with E-state index in [-0.39, 0.29) is 6.42 Å². The van der Waals surface area contributed by atoms with Crippen molar-refractivity contribution in [1.29, 1.82) is 0 Å². The molecule has 6 heteroatoms. The topological polar surface area (TPSA) is 110 Å². The Balaban J connectivity index is 3.80. The first kappa shape index (κ1) is 42.8. The van der Waals surface area contributed by atoms with Gasteiger partial charge in [0.05, 0.1) is 18.8 Å². The van der Waals surface area contributed by atoms with Gasteiger partial charge in [-0.05, 0) is 57.8 Å². The van der Waals surface area contributed by atoms with Gasteiger partial charge in [0, 0.05) is 0 Å².